The van der Waals surface area contributed by atoms with Gasteiger partial charge < -0.3 is 10.0 Å². The Hall–Kier alpha value is -5.89. The van der Waals surface area contributed by atoms with Crippen molar-refractivity contribution in [1.82, 2.24) is 25.1 Å². The third-order valence-electron chi connectivity index (χ3n) is 9.57. The average molecular weight is 692 g/mol. The number of carbonyl (C=O) groups excluding carboxylic acids is 1. The normalized spacial score (nSPS) is 12.1. The van der Waals surface area contributed by atoms with Crippen LogP contribution in [0.1, 0.15) is 68.7 Å². The molecule has 0 fully saturated rings. The number of tetrazole rings is 1. The van der Waals surface area contributed by atoms with Gasteiger partial charge in [0.15, 0.2) is 5.82 Å². The van der Waals surface area contributed by atoms with Gasteiger partial charge in [-0.1, -0.05) is 167 Å². The minimum Gasteiger partial charge on any atom is -0.480 e. The topological polar surface area (TPSA) is 101 Å². The minimum absolute atomic E-state index is 0.127. The molecule has 1 heterocycles. The van der Waals surface area contributed by atoms with Crippen molar-refractivity contribution in [2.45, 2.75) is 64.6 Å². The van der Waals surface area contributed by atoms with Gasteiger partial charge in [-0.3, -0.25) is 4.79 Å². The second-order valence-electron chi connectivity index (χ2n) is 13.6. The van der Waals surface area contributed by atoms with E-state index in [0.717, 1.165) is 51.8 Å². The van der Waals surface area contributed by atoms with Crippen LogP contribution in [-0.4, -0.2) is 48.1 Å². The second kappa shape index (κ2) is 16.4. The second-order valence-corrected chi connectivity index (χ2v) is 13.6. The summed E-state index contributed by atoms with van der Waals surface area (Å²) in [5.74, 6) is -0.376. The van der Waals surface area contributed by atoms with Crippen molar-refractivity contribution in [2.75, 3.05) is 0 Å². The van der Waals surface area contributed by atoms with Gasteiger partial charge in [0.05, 0.1) is 0 Å². The van der Waals surface area contributed by atoms with Gasteiger partial charge in [0.2, 0.25) is 5.91 Å². The molecule has 0 saturated carbocycles. The van der Waals surface area contributed by atoms with E-state index in [4.69, 9.17) is 5.21 Å². The van der Waals surface area contributed by atoms with E-state index >= 15 is 0 Å². The Morgan fingerprint density at radius 3 is 1.75 bits per heavy atom. The van der Waals surface area contributed by atoms with Gasteiger partial charge in [0.25, 0.3) is 0 Å². The predicted molar refractivity (Wildman–Crippen MR) is 204 cm³/mol. The summed E-state index contributed by atoms with van der Waals surface area (Å²) in [5.41, 5.74) is 5.73. The molecule has 0 saturated heterocycles. The number of hydrogen-bond donors (Lipinski definition) is 1. The highest BCUT2D eigenvalue weighted by atomic mass is 16.4. The molecule has 1 N–H and O–H groups in total. The summed E-state index contributed by atoms with van der Waals surface area (Å²) in [6.07, 6.45) is 2.31. The van der Waals surface area contributed by atoms with Gasteiger partial charge in [-0.25, -0.2) is 9.48 Å². The molecule has 6 aromatic rings. The number of amides is 1. The SMILES string of the molecule is CCCCC(=O)N(Cc1ccc(-c2ccccc2-c2nnnn2C(c2ccccc2)(c2ccccc2)c2ccccc2)cc1)[C@@H](CC(C)C)C(=O)O. The zero-order chi connectivity index (χ0) is 36.5. The molecule has 0 unspecified atom stereocenters. The molecule has 1 aromatic heterocycles. The highest BCUT2D eigenvalue weighted by molar-refractivity contribution is 5.84. The van der Waals surface area contributed by atoms with Gasteiger partial charge in [-0.2, -0.15) is 0 Å². The molecule has 0 aliphatic carbocycles. The first-order chi connectivity index (χ1) is 25.3. The fraction of sp³-hybridized carbons (Fsp3) is 0.250. The third-order valence-corrected chi connectivity index (χ3v) is 9.57. The van der Waals surface area contributed by atoms with Crippen LogP contribution in [0.3, 0.4) is 0 Å². The number of aliphatic carboxylic acids is 1. The first-order valence-electron chi connectivity index (χ1n) is 18.0. The number of unbranched alkanes of at least 4 members (excludes halogenated alkanes) is 1. The highest BCUT2D eigenvalue weighted by Gasteiger charge is 2.42. The summed E-state index contributed by atoms with van der Waals surface area (Å²) in [5, 5.41) is 23.8. The lowest BCUT2D eigenvalue weighted by Gasteiger charge is -2.36. The molecule has 8 nitrogen and oxygen atoms in total. The Morgan fingerprint density at radius 1 is 0.731 bits per heavy atom. The number of carbonyl (C=O) groups is 2. The van der Waals surface area contributed by atoms with E-state index < -0.39 is 17.6 Å². The fourth-order valence-corrected chi connectivity index (χ4v) is 7.05. The van der Waals surface area contributed by atoms with Crippen LogP contribution < -0.4 is 0 Å². The van der Waals surface area contributed by atoms with Crippen LogP contribution in [0.15, 0.2) is 140 Å². The van der Waals surface area contributed by atoms with Crippen molar-refractivity contribution < 1.29 is 14.7 Å². The zero-order valence-electron chi connectivity index (χ0n) is 30.0. The van der Waals surface area contributed by atoms with Gasteiger partial charge in [-0.15, -0.1) is 5.10 Å². The summed E-state index contributed by atoms with van der Waals surface area (Å²) in [7, 11) is 0. The molecule has 6 rings (SSSR count). The summed E-state index contributed by atoms with van der Waals surface area (Å²) >= 11 is 0. The van der Waals surface area contributed by atoms with Crippen LogP contribution in [-0.2, 0) is 21.7 Å². The first-order valence-corrected chi connectivity index (χ1v) is 18.0. The van der Waals surface area contributed by atoms with Crippen LogP contribution in [0.4, 0.5) is 0 Å². The smallest absolute Gasteiger partial charge is 0.326 e. The van der Waals surface area contributed by atoms with Crippen LogP contribution >= 0.6 is 0 Å². The van der Waals surface area contributed by atoms with E-state index in [1.165, 1.54) is 0 Å². The Bertz CT molecular complexity index is 1970. The molecule has 1 atom stereocenters. The molecular weight excluding hydrogens is 647 g/mol. The molecule has 0 aliphatic rings. The molecule has 52 heavy (non-hydrogen) atoms. The number of carboxylic acid groups (broad SMARTS) is 1. The van der Waals surface area contributed by atoms with Gasteiger partial charge in [-0.05, 0) is 62.6 Å². The van der Waals surface area contributed by atoms with Gasteiger partial charge in [0, 0.05) is 18.5 Å². The van der Waals surface area contributed by atoms with E-state index in [1.54, 1.807) is 4.90 Å². The number of carboxylic acids is 1. The minimum atomic E-state index is -0.973. The lowest BCUT2D eigenvalue weighted by atomic mass is 9.77. The third kappa shape index (κ3) is 7.42. The molecule has 0 spiro atoms. The standard InChI is InChI=1S/C44H45N5O3/c1-4-5-25-41(50)48(40(43(51)52)30-32(2)3)31-33-26-28-34(29-27-33)38-23-15-16-24-39(38)42-45-46-47-49(42)44(35-17-9-6-10-18-35,36-19-11-7-12-20-36)37-21-13-8-14-22-37/h6-24,26-29,32,40H,4-5,25,30-31H2,1-3H3,(H,51,52)/t40-/m0/s1. The van der Waals surface area contributed by atoms with Crippen molar-refractivity contribution >= 4 is 11.9 Å². The Labute approximate surface area is 305 Å². The molecule has 264 valence electrons. The number of nitrogens with zero attached hydrogens (tertiary/aromatic N) is 5. The quantitative estimate of drug-likeness (QED) is 0.108. The summed E-state index contributed by atoms with van der Waals surface area (Å²) in [6.45, 7) is 6.22. The molecule has 0 bridgehead atoms. The molecule has 0 aliphatic heterocycles. The fourth-order valence-electron chi connectivity index (χ4n) is 7.05. The maximum atomic E-state index is 13.4. The Balaban J connectivity index is 1.43. The Kier molecular flexibility index (Phi) is 11.3. The van der Waals surface area contributed by atoms with Gasteiger partial charge in [0.1, 0.15) is 11.6 Å². The van der Waals surface area contributed by atoms with Crippen LogP contribution in [0.2, 0.25) is 0 Å². The van der Waals surface area contributed by atoms with Crippen molar-refractivity contribution in [3.8, 4) is 22.5 Å². The van der Waals surface area contributed by atoms with Crippen molar-refractivity contribution in [3.63, 3.8) is 0 Å². The lowest BCUT2D eigenvalue weighted by Crippen LogP contribution is -2.45. The maximum Gasteiger partial charge on any atom is 0.326 e. The average Bonchev–Trinajstić information content (AvgIpc) is 3.67. The van der Waals surface area contributed by atoms with Crippen molar-refractivity contribution in [1.29, 1.82) is 0 Å². The summed E-state index contributed by atoms with van der Waals surface area (Å²) < 4.78 is 1.93. The predicted octanol–water partition coefficient (Wildman–Crippen LogP) is 8.87. The zero-order valence-corrected chi connectivity index (χ0v) is 30.0. The van der Waals surface area contributed by atoms with Crippen molar-refractivity contribution in [2.24, 2.45) is 5.92 Å². The van der Waals surface area contributed by atoms with Crippen LogP contribution in [0, 0.1) is 5.92 Å². The number of aromatic nitrogens is 4. The van der Waals surface area contributed by atoms with Crippen LogP contribution in [0.5, 0.6) is 0 Å². The van der Waals surface area contributed by atoms with Crippen molar-refractivity contribution in [3.05, 3.63) is 162 Å². The summed E-state index contributed by atoms with van der Waals surface area (Å²) in [4.78, 5) is 27.3. The maximum absolute atomic E-state index is 13.4. The van der Waals surface area contributed by atoms with Gasteiger partial charge >= 0.3 is 5.97 Å². The van der Waals surface area contributed by atoms with E-state index in [9.17, 15) is 14.7 Å². The van der Waals surface area contributed by atoms with E-state index in [-0.39, 0.29) is 18.4 Å². The van der Waals surface area contributed by atoms with Crippen LogP contribution in [0.25, 0.3) is 22.5 Å². The lowest BCUT2D eigenvalue weighted by molar-refractivity contribution is -0.151. The summed E-state index contributed by atoms with van der Waals surface area (Å²) in [6, 6.07) is 46.1. The number of benzene rings is 5. The molecule has 1 amide bonds. The molecule has 5 aromatic carbocycles. The van der Waals surface area contributed by atoms with E-state index in [0.29, 0.717) is 18.7 Å². The van der Waals surface area contributed by atoms with E-state index in [2.05, 4.69) is 52.8 Å². The first kappa shape index (κ1) is 35.9. The number of hydrogen-bond acceptors (Lipinski definition) is 5. The Morgan fingerprint density at radius 2 is 1.25 bits per heavy atom. The monoisotopic (exact) mass is 691 g/mol. The van der Waals surface area contributed by atoms with E-state index in [1.807, 2.05) is 123 Å². The number of rotatable bonds is 15. The molecule has 8 heteroatoms. The molecular formula is C44H45N5O3. The molecule has 0 radical (unpaired) electrons. The highest BCUT2D eigenvalue weighted by Crippen LogP contribution is 2.43. The largest absolute Gasteiger partial charge is 0.480 e.